The van der Waals surface area contributed by atoms with Crippen LogP contribution in [0.5, 0.6) is 0 Å². The Morgan fingerprint density at radius 1 is 1.25 bits per heavy atom. The molecule has 2 unspecified atom stereocenters. The van der Waals surface area contributed by atoms with Gasteiger partial charge in [-0.25, -0.2) is 0 Å². The van der Waals surface area contributed by atoms with Gasteiger partial charge in [-0.2, -0.15) is 0 Å². The second kappa shape index (κ2) is 6.25. The van der Waals surface area contributed by atoms with E-state index in [0.717, 1.165) is 13.1 Å². The van der Waals surface area contributed by atoms with Crippen molar-refractivity contribution in [3.8, 4) is 0 Å². The highest BCUT2D eigenvalue weighted by atomic mass is 16.5. The lowest BCUT2D eigenvalue weighted by atomic mass is 9.86. The maximum atomic E-state index is 9.24. The SMILES string of the molecule is CC1COC(CO)CN1Cc1ccc(C(C)(C)C)cc1. The van der Waals surface area contributed by atoms with Gasteiger partial charge in [0.2, 0.25) is 0 Å². The van der Waals surface area contributed by atoms with E-state index in [1.54, 1.807) is 0 Å². The van der Waals surface area contributed by atoms with E-state index in [9.17, 15) is 5.11 Å². The molecule has 1 heterocycles. The molecule has 0 bridgehead atoms. The van der Waals surface area contributed by atoms with Gasteiger partial charge in [-0.1, -0.05) is 45.0 Å². The van der Waals surface area contributed by atoms with E-state index in [2.05, 4.69) is 56.9 Å². The molecule has 1 fully saturated rings. The third-order valence-corrected chi connectivity index (χ3v) is 4.04. The number of hydrogen-bond donors (Lipinski definition) is 1. The molecule has 0 aliphatic carbocycles. The molecule has 1 aliphatic heterocycles. The second-order valence-corrected chi connectivity index (χ2v) is 6.86. The molecule has 1 aromatic carbocycles. The van der Waals surface area contributed by atoms with Crippen LogP contribution < -0.4 is 0 Å². The van der Waals surface area contributed by atoms with Gasteiger partial charge >= 0.3 is 0 Å². The Hall–Kier alpha value is -0.900. The van der Waals surface area contributed by atoms with Crippen LogP contribution in [-0.2, 0) is 16.7 Å². The molecule has 0 saturated carbocycles. The fraction of sp³-hybridized carbons (Fsp3) is 0.647. The first-order valence-corrected chi connectivity index (χ1v) is 7.46. The third kappa shape index (κ3) is 3.81. The molecule has 1 saturated heterocycles. The molecule has 20 heavy (non-hydrogen) atoms. The summed E-state index contributed by atoms with van der Waals surface area (Å²) in [6.45, 7) is 11.4. The molecule has 1 aromatic rings. The van der Waals surface area contributed by atoms with Gasteiger partial charge in [0.05, 0.1) is 19.3 Å². The van der Waals surface area contributed by atoms with Crippen LogP contribution in [0.2, 0.25) is 0 Å². The Kier molecular flexibility index (Phi) is 4.84. The van der Waals surface area contributed by atoms with Gasteiger partial charge in [-0.15, -0.1) is 0 Å². The predicted octanol–water partition coefficient (Wildman–Crippen LogP) is 2.57. The van der Waals surface area contributed by atoms with Crippen molar-refractivity contribution in [1.82, 2.24) is 4.90 Å². The van der Waals surface area contributed by atoms with E-state index in [-0.39, 0.29) is 18.1 Å². The lowest BCUT2D eigenvalue weighted by Crippen LogP contribution is -2.48. The molecular weight excluding hydrogens is 250 g/mol. The van der Waals surface area contributed by atoms with Crippen molar-refractivity contribution in [1.29, 1.82) is 0 Å². The van der Waals surface area contributed by atoms with Crippen LogP contribution in [0.25, 0.3) is 0 Å². The molecule has 1 N–H and O–H groups in total. The first kappa shape index (κ1) is 15.5. The van der Waals surface area contributed by atoms with Crippen molar-refractivity contribution in [2.75, 3.05) is 19.8 Å². The van der Waals surface area contributed by atoms with Crippen LogP contribution in [0, 0.1) is 0 Å². The average molecular weight is 277 g/mol. The Balaban J connectivity index is 2.02. The van der Waals surface area contributed by atoms with Crippen LogP contribution in [-0.4, -0.2) is 41.9 Å². The third-order valence-electron chi connectivity index (χ3n) is 4.04. The fourth-order valence-corrected chi connectivity index (χ4v) is 2.55. The minimum Gasteiger partial charge on any atom is -0.394 e. The first-order chi connectivity index (χ1) is 9.40. The Morgan fingerprint density at radius 3 is 2.45 bits per heavy atom. The van der Waals surface area contributed by atoms with Crippen molar-refractivity contribution in [2.45, 2.75) is 51.8 Å². The van der Waals surface area contributed by atoms with E-state index in [4.69, 9.17) is 4.74 Å². The summed E-state index contributed by atoms with van der Waals surface area (Å²) in [7, 11) is 0. The van der Waals surface area contributed by atoms with Crippen LogP contribution in [0.1, 0.15) is 38.8 Å². The first-order valence-electron chi connectivity index (χ1n) is 7.46. The van der Waals surface area contributed by atoms with E-state index >= 15 is 0 Å². The summed E-state index contributed by atoms with van der Waals surface area (Å²) in [5, 5.41) is 9.24. The quantitative estimate of drug-likeness (QED) is 0.921. The Morgan fingerprint density at radius 2 is 1.90 bits per heavy atom. The number of ether oxygens (including phenoxy) is 1. The number of aliphatic hydroxyl groups excluding tert-OH is 1. The van der Waals surface area contributed by atoms with Gasteiger partial charge in [-0.3, -0.25) is 4.90 Å². The van der Waals surface area contributed by atoms with Gasteiger partial charge in [0.15, 0.2) is 0 Å². The van der Waals surface area contributed by atoms with Crippen molar-refractivity contribution in [2.24, 2.45) is 0 Å². The van der Waals surface area contributed by atoms with E-state index in [1.165, 1.54) is 11.1 Å². The van der Waals surface area contributed by atoms with E-state index in [0.29, 0.717) is 12.6 Å². The topological polar surface area (TPSA) is 32.7 Å². The molecular formula is C17H27NO2. The zero-order valence-electron chi connectivity index (χ0n) is 13.1. The summed E-state index contributed by atoms with van der Waals surface area (Å²) in [6, 6.07) is 9.29. The molecule has 112 valence electrons. The highest BCUT2D eigenvalue weighted by Crippen LogP contribution is 2.23. The largest absolute Gasteiger partial charge is 0.394 e. The standard InChI is InChI=1S/C17H27NO2/c1-13-12-20-16(11-19)10-18(13)9-14-5-7-15(8-6-14)17(2,3)4/h5-8,13,16,19H,9-12H2,1-4H3. The summed E-state index contributed by atoms with van der Waals surface area (Å²) < 4.78 is 5.58. The normalized spacial score (nSPS) is 24.9. The van der Waals surface area contributed by atoms with Gasteiger partial charge in [0.25, 0.3) is 0 Å². The highest BCUT2D eigenvalue weighted by molar-refractivity contribution is 5.27. The smallest absolute Gasteiger partial charge is 0.0933 e. The average Bonchev–Trinajstić information content (AvgIpc) is 2.41. The summed E-state index contributed by atoms with van der Waals surface area (Å²) in [5.41, 5.74) is 2.89. The van der Waals surface area contributed by atoms with Gasteiger partial charge in [0.1, 0.15) is 0 Å². The van der Waals surface area contributed by atoms with Crippen LogP contribution in [0.3, 0.4) is 0 Å². The summed E-state index contributed by atoms with van der Waals surface area (Å²) in [4.78, 5) is 2.39. The fourth-order valence-electron chi connectivity index (χ4n) is 2.55. The van der Waals surface area contributed by atoms with Crippen LogP contribution >= 0.6 is 0 Å². The molecule has 3 nitrogen and oxygen atoms in total. The minimum atomic E-state index is -0.0416. The predicted molar refractivity (Wildman–Crippen MR) is 81.8 cm³/mol. The molecule has 0 spiro atoms. The second-order valence-electron chi connectivity index (χ2n) is 6.86. The lowest BCUT2D eigenvalue weighted by Gasteiger charge is -2.37. The van der Waals surface area contributed by atoms with Gasteiger partial charge < -0.3 is 9.84 Å². The number of rotatable bonds is 3. The van der Waals surface area contributed by atoms with Crippen molar-refractivity contribution in [3.63, 3.8) is 0 Å². The Bertz CT molecular complexity index is 422. The molecule has 2 rings (SSSR count). The Labute approximate surface area is 122 Å². The molecule has 0 amide bonds. The van der Waals surface area contributed by atoms with Gasteiger partial charge in [0, 0.05) is 19.1 Å². The summed E-state index contributed by atoms with van der Waals surface area (Å²) in [6.07, 6.45) is -0.0416. The highest BCUT2D eigenvalue weighted by Gasteiger charge is 2.25. The van der Waals surface area contributed by atoms with E-state index < -0.39 is 0 Å². The van der Waals surface area contributed by atoms with Crippen molar-refractivity contribution in [3.05, 3.63) is 35.4 Å². The van der Waals surface area contributed by atoms with Gasteiger partial charge in [-0.05, 0) is 23.5 Å². The zero-order chi connectivity index (χ0) is 14.8. The number of benzene rings is 1. The number of hydrogen-bond acceptors (Lipinski definition) is 3. The summed E-state index contributed by atoms with van der Waals surface area (Å²) >= 11 is 0. The molecule has 0 radical (unpaired) electrons. The number of morpholine rings is 1. The zero-order valence-corrected chi connectivity index (χ0v) is 13.1. The number of nitrogens with zero attached hydrogens (tertiary/aromatic N) is 1. The molecule has 2 atom stereocenters. The number of aliphatic hydroxyl groups is 1. The van der Waals surface area contributed by atoms with Crippen LogP contribution in [0.4, 0.5) is 0 Å². The maximum Gasteiger partial charge on any atom is 0.0933 e. The monoisotopic (exact) mass is 277 g/mol. The molecule has 0 aromatic heterocycles. The molecule has 3 heteroatoms. The molecule has 1 aliphatic rings. The van der Waals surface area contributed by atoms with Crippen molar-refractivity contribution < 1.29 is 9.84 Å². The summed E-state index contributed by atoms with van der Waals surface area (Å²) in [5.74, 6) is 0. The van der Waals surface area contributed by atoms with Crippen LogP contribution in [0.15, 0.2) is 24.3 Å². The van der Waals surface area contributed by atoms with E-state index in [1.807, 2.05) is 0 Å². The maximum absolute atomic E-state index is 9.24. The van der Waals surface area contributed by atoms with Crippen molar-refractivity contribution >= 4 is 0 Å². The lowest BCUT2D eigenvalue weighted by molar-refractivity contribution is -0.0805. The minimum absolute atomic E-state index is 0.0416.